The normalized spacial score (nSPS) is 11.8. The van der Waals surface area contributed by atoms with Gasteiger partial charge in [0, 0.05) is 49.8 Å². The van der Waals surface area contributed by atoms with Crippen molar-refractivity contribution in [1.29, 1.82) is 0 Å². The number of aryl methyl sites for hydroxylation is 2. The first-order valence-corrected chi connectivity index (χ1v) is 16.9. The summed E-state index contributed by atoms with van der Waals surface area (Å²) >= 11 is 0. The Morgan fingerprint density at radius 1 is 0.891 bits per heavy atom. The first-order chi connectivity index (χ1) is 21.8. The molecule has 0 unspecified atom stereocenters. The summed E-state index contributed by atoms with van der Waals surface area (Å²) in [7, 11) is 3.13. The number of Topliss-reactive ketones (excluding diaryl/α,β-unsaturated/α-hetero) is 1. The summed E-state index contributed by atoms with van der Waals surface area (Å²) in [6, 6.07) is 14.3. The fourth-order valence-electron chi connectivity index (χ4n) is 4.88. The average molecular weight is 653 g/mol. The molecule has 11 nitrogen and oxygen atoms in total. The van der Waals surface area contributed by atoms with E-state index < -0.39 is 10.0 Å². The number of fused-ring (bicyclic) bond motifs is 1. The Balaban J connectivity index is 1.74. The molecule has 248 valence electrons. The number of unbranched alkanes of at least 4 members (excludes halogenated alkanes) is 1. The van der Waals surface area contributed by atoms with Crippen LogP contribution in [-0.2, 0) is 24.1 Å². The molecule has 4 aromatic rings. The predicted octanol–water partition coefficient (Wildman–Crippen LogP) is 5.82. The molecule has 4 rings (SSSR count). The van der Waals surface area contributed by atoms with Crippen LogP contribution in [0, 0.1) is 5.92 Å². The van der Waals surface area contributed by atoms with Crippen molar-refractivity contribution >= 4 is 32.5 Å². The van der Waals surface area contributed by atoms with E-state index in [4.69, 9.17) is 14.2 Å². The van der Waals surface area contributed by atoms with Gasteiger partial charge in [-0.3, -0.25) is 18.7 Å². The molecule has 0 fully saturated rings. The SMILES string of the molecule is CCCOc1cc(OCCCCN(C)C)cc(Oc2cc3c(cc2NS(=O)(=O)c2cccc(C(=O)C(C)C)c2)n(C)c(=O)n3C)c1. The second-order valence-corrected chi connectivity index (χ2v) is 13.5. The number of aromatic nitrogens is 2. The summed E-state index contributed by atoms with van der Waals surface area (Å²) in [5, 5.41) is 0. The second-order valence-electron chi connectivity index (χ2n) is 11.8. The minimum Gasteiger partial charge on any atom is -0.493 e. The Bertz CT molecular complexity index is 1860. The topological polar surface area (TPSA) is 121 Å². The fourth-order valence-corrected chi connectivity index (χ4v) is 5.99. The van der Waals surface area contributed by atoms with Crippen molar-refractivity contribution < 1.29 is 27.4 Å². The molecule has 0 saturated carbocycles. The number of imidazole rings is 1. The van der Waals surface area contributed by atoms with E-state index in [1.165, 1.54) is 27.3 Å². The number of anilines is 1. The summed E-state index contributed by atoms with van der Waals surface area (Å²) in [6.45, 7) is 7.48. The Morgan fingerprint density at radius 3 is 2.15 bits per heavy atom. The highest BCUT2D eigenvalue weighted by Crippen LogP contribution is 2.38. The molecule has 0 spiro atoms. The molecule has 0 atom stereocenters. The molecule has 12 heteroatoms. The molecule has 46 heavy (non-hydrogen) atoms. The monoisotopic (exact) mass is 652 g/mol. The van der Waals surface area contributed by atoms with Gasteiger partial charge < -0.3 is 19.1 Å². The number of carbonyl (C=O) groups excluding carboxylic acids is 1. The van der Waals surface area contributed by atoms with E-state index >= 15 is 0 Å². The lowest BCUT2D eigenvalue weighted by atomic mass is 10.0. The molecule has 0 amide bonds. The molecule has 0 saturated heterocycles. The maximum atomic E-state index is 13.7. The van der Waals surface area contributed by atoms with Crippen molar-refractivity contribution in [3.05, 3.63) is 70.6 Å². The Labute approximate surface area is 270 Å². The van der Waals surface area contributed by atoms with Crippen LogP contribution in [0.15, 0.2) is 64.3 Å². The number of sulfonamides is 1. The molecule has 0 bridgehead atoms. The average Bonchev–Trinajstić information content (AvgIpc) is 3.22. The van der Waals surface area contributed by atoms with Crippen LogP contribution in [-0.4, -0.2) is 62.1 Å². The van der Waals surface area contributed by atoms with Crippen LogP contribution in [0.2, 0.25) is 0 Å². The van der Waals surface area contributed by atoms with Crippen molar-refractivity contribution in [3.8, 4) is 23.0 Å². The fraction of sp³-hybridized carbons (Fsp3) is 0.412. The van der Waals surface area contributed by atoms with Crippen LogP contribution >= 0.6 is 0 Å². The smallest absolute Gasteiger partial charge is 0.328 e. The van der Waals surface area contributed by atoms with Gasteiger partial charge in [0.25, 0.3) is 10.0 Å². The lowest BCUT2D eigenvalue weighted by Crippen LogP contribution is -2.19. The van der Waals surface area contributed by atoms with E-state index in [-0.39, 0.29) is 33.7 Å². The Hall–Kier alpha value is -4.29. The van der Waals surface area contributed by atoms with E-state index in [9.17, 15) is 18.0 Å². The van der Waals surface area contributed by atoms with Crippen molar-refractivity contribution in [2.24, 2.45) is 20.0 Å². The highest BCUT2D eigenvalue weighted by molar-refractivity contribution is 7.92. The number of ether oxygens (including phenoxy) is 3. The van der Waals surface area contributed by atoms with Crippen LogP contribution in [0.1, 0.15) is 50.4 Å². The Morgan fingerprint density at radius 2 is 1.52 bits per heavy atom. The van der Waals surface area contributed by atoms with Crippen LogP contribution in [0.25, 0.3) is 11.0 Å². The van der Waals surface area contributed by atoms with Crippen LogP contribution in [0.4, 0.5) is 5.69 Å². The van der Waals surface area contributed by atoms with Crippen molar-refractivity contribution in [1.82, 2.24) is 14.0 Å². The summed E-state index contributed by atoms with van der Waals surface area (Å²) < 4.78 is 51.2. The third-order valence-electron chi connectivity index (χ3n) is 7.39. The number of rotatable bonds is 16. The van der Waals surface area contributed by atoms with Crippen molar-refractivity contribution in [2.45, 2.75) is 44.9 Å². The summed E-state index contributed by atoms with van der Waals surface area (Å²) in [5.41, 5.74) is 1.18. The standard InChI is InChI=1S/C34H44N4O7S/c1-8-15-43-25-18-26(44-16-10-9-14-36(4)5)20-27(19-25)45-32-22-31-30(37(6)34(40)38(31)7)21-29(32)35-46(41,42)28-13-11-12-24(17-28)33(39)23(2)3/h11-13,17-23,35H,8-10,14-16H2,1-7H3. The molecule has 0 aliphatic rings. The summed E-state index contributed by atoms with van der Waals surface area (Å²) in [6.07, 6.45) is 2.65. The van der Waals surface area contributed by atoms with Crippen LogP contribution in [0.5, 0.6) is 23.0 Å². The first kappa shape index (κ1) is 34.6. The maximum absolute atomic E-state index is 13.7. The van der Waals surface area contributed by atoms with Gasteiger partial charge in [-0.2, -0.15) is 0 Å². The van der Waals surface area contributed by atoms with Crippen LogP contribution in [0.3, 0.4) is 0 Å². The number of nitrogens with zero attached hydrogens (tertiary/aromatic N) is 3. The van der Waals surface area contributed by atoms with Gasteiger partial charge >= 0.3 is 5.69 Å². The van der Waals surface area contributed by atoms with Gasteiger partial charge in [-0.05, 0) is 58.1 Å². The highest BCUT2D eigenvalue weighted by atomic mass is 32.2. The third-order valence-corrected chi connectivity index (χ3v) is 8.76. The van der Waals surface area contributed by atoms with Gasteiger partial charge in [-0.1, -0.05) is 32.9 Å². The highest BCUT2D eigenvalue weighted by Gasteiger charge is 2.22. The van der Waals surface area contributed by atoms with Gasteiger partial charge in [0.1, 0.15) is 17.2 Å². The van der Waals surface area contributed by atoms with Crippen molar-refractivity contribution in [3.63, 3.8) is 0 Å². The second kappa shape index (κ2) is 14.9. The van der Waals surface area contributed by atoms with Crippen molar-refractivity contribution in [2.75, 3.05) is 38.6 Å². The minimum absolute atomic E-state index is 0.0769. The molecule has 0 radical (unpaired) electrons. The number of ketones is 1. The van der Waals surface area contributed by atoms with E-state index in [2.05, 4.69) is 9.62 Å². The molecule has 1 heterocycles. The summed E-state index contributed by atoms with van der Waals surface area (Å²) in [5.74, 6) is 1.16. The molecule has 0 aliphatic carbocycles. The van der Waals surface area contributed by atoms with Gasteiger partial charge in [-0.15, -0.1) is 0 Å². The zero-order valence-corrected chi connectivity index (χ0v) is 28.4. The molecule has 1 N–H and O–H groups in total. The zero-order chi connectivity index (χ0) is 33.6. The van der Waals surface area contributed by atoms with E-state index in [1.807, 2.05) is 21.0 Å². The molecule has 3 aromatic carbocycles. The van der Waals surface area contributed by atoms with Crippen LogP contribution < -0.4 is 24.6 Å². The van der Waals surface area contributed by atoms with E-state index in [1.54, 1.807) is 64.3 Å². The van der Waals surface area contributed by atoms with Gasteiger partial charge in [0.15, 0.2) is 11.5 Å². The number of nitrogens with one attached hydrogen (secondary N) is 1. The predicted molar refractivity (Wildman–Crippen MR) is 180 cm³/mol. The largest absolute Gasteiger partial charge is 0.493 e. The molecular formula is C34H44N4O7S. The quantitative estimate of drug-likeness (QED) is 0.119. The van der Waals surface area contributed by atoms with E-state index in [0.717, 1.165) is 25.8 Å². The lowest BCUT2D eigenvalue weighted by Gasteiger charge is -2.17. The van der Waals surface area contributed by atoms with Gasteiger partial charge in [-0.25, -0.2) is 13.2 Å². The number of hydrogen-bond acceptors (Lipinski definition) is 8. The molecule has 1 aromatic heterocycles. The first-order valence-electron chi connectivity index (χ1n) is 15.4. The third kappa shape index (κ3) is 8.29. The lowest BCUT2D eigenvalue weighted by molar-refractivity contribution is 0.0939. The van der Waals surface area contributed by atoms with E-state index in [0.29, 0.717) is 47.1 Å². The molecule has 0 aliphatic heterocycles. The number of hydrogen-bond donors (Lipinski definition) is 1. The molecular weight excluding hydrogens is 608 g/mol. The number of benzene rings is 3. The van der Waals surface area contributed by atoms with Gasteiger partial charge in [0.05, 0.1) is 34.8 Å². The maximum Gasteiger partial charge on any atom is 0.328 e. The summed E-state index contributed by atoms with van der Waals surface area (Å²) in [4.78, 5) is 27.4. The Kier molecular flexibility index (Phi) is 11.2. The minimum atomic E-state index is -4.18. The number of carbonyl (C=O) groups is 1. The zero-order valence-electron chi connectivity index (χ0n) is 27.6. The van der Waals surface area contributed by atoms with Gasteiger partial charge in [0.2, 0.25) is 0 Å².